The van der Waals surface area contributed by atoms with E-state index in [2.05, 4.69) is 11.1 Å². The van der Waals surface area contributed by atoms with E-state index < -0.39 is 5.97 Å². The van der Waals surface area contributed by atoms with Crippen LogP contribution in [-0.2, 0) is 10.2 Å². The second kappa shape index (κ2) is 3.91. The van der Waals surface area contributed by atoms with Crippen molar-refractivity contribution < 1.29 is 9.90 Å². The first-order valence-electron chi connectivity index (χ1n) is 5.70. The minimum atomic E-state index is -0.763. The number of fused-ring (bicyclic) bond motifs is 1. The largest absolute Gasteiger partial charge is 0.481 e. The Bertz CT molecular complexity index is 567. The first-order valence-corrected chi connectivity index (χ1v) is 5.70. The summed E-state index contributed by atoms with van der Waals surface area (Å²) in [6, 6.07) is 6.10. The lowest BCUT2D eigenvalue weighted by Crippen LogP contribution is -2.21. The van der Waals surface area contributed by atoms with Gasteiger partial charge in [-0.15, -0.1) is 0 Å². The van der Waals surface area contributed by atoms with Crippen LogP contribution in [0.1, 0.15) is 31.4 Å². The van der Waals surface area contributed by atoms with E-state index in [-0.39, 0.29) is 11.8 Å². The van der Waals surface area contributed by atoms with E-state index in [1.54, 1.807) is 0 Å². The van der Waals surface area contributed by atoms with Gasteiger partial charge in [0.15, 0.2) is 0 Å². The van der Waals surface area contributed by atoms with Crippen molar-refractivity contribution in [1.29, 1.82) is 0 Å². The highest BCUT2D eigenvalue weighted by molar-refractivity contribution is 5.84. The van der Waals surface area contributed by atoms with Gasteiger partial charge in [0, 0.05) is 22.5 Å². The molecule has 1 aromatic carbocycles. The Balaban J connectivity index is 2.48. The number of H-pyrrole nitrogens is 1. The lowest BCUT2D eigenvalue weighted by atomic mass is 9.81. The molecule has 90 valence electrons. The fourth-order valence-electron chi connectivity index (χ4n) is 2.16. The zero-order chi connectivity index (χ0) is 12.6. The minimum absolute atomic E-state index is 0.141. The summed E-state index contributed by atoms with van der Waals surface area (Å²) in [6.45, 7) is 5.97. The smallest absolute Gasteiger partial charge is 0.304 e. The third-order valence-electron chi connectivity index (χ3n) is 3.26. The molecule has 0 spiro atoms. The van der Waals surface area contributed by atoms with Gasteiger partial charge in [-0.05, 0) is 30.2 Å². The highest BCUT2D eigenvalue weighted by Crippen LogP contribution is 2.30. The van der Waals surface area contributed by atoms with Crippen LogP contribution >= 0.6 is 0 Å². The number of hydrogen-bond acceptors (Lipinski definition) is 1. The molecule has 0 atom stereocenters. The van der Waals surface area contributed by atoms with Gasteiger partial charge in [0.1, 0.15) is 0 Å². The predicted molar refractivity (Wildman–Crippen MR) is 68.3 cm³/mol. The Labute approximate surface area is 100 Å². The monoisotopic (exact) mass is 231 g/mol. The number of aryl methyl sites for hydroxylation is 1. The molecule has 17 heavy (non-hydrogen) atoms. The van der Waals surface area contributed by atoms with Crippen LogP contribution in [0, 0.1) is 6.92 Å². The Kier molecular flexibility index (Phi) is 2.69. The van der Waals surface area contributed by atoms with Gasteiger partial charge in [-0.2, -0.15) is 0 Å². The van der Waals surface area contributed by atoms with Crippen LogP contribution in [0.5, 0.6) is 0 Å². The van der Waals surface area contributed by atoms with Crippen LogP contribution in [0.25, 0.3) is 10.9 Å². The fraction of sp³-hybridized carbons (Fsp3) is 0.357. The van der Waals surface area contributed by atoms with Crippen molar-refractivity contribution in [3.8, 4) is 0 Å². The zero-order valence-corrected chi connectivity index (χ0v) is 10.4. The number of carboxylic acid groups (broad SMARTS) is 1. The summed E-state index contributed by atoms with van der Waals surface area (Å²) in [5.41, 5.74) is 3.00. The van der Waals surface area contributed by atoms with Gasteiger partial charge >= 0.3 is 5.97 Å². The van der Waals surface area contributed by atoms with Gasteiger partial charge in [0.25, 0.3) is 0 Å². The molecule has 1 aromatic heterocycles. The summed E-state index contributed by atoms with van der Waals surface area (Å²) >= 11 is 0. The fourth-order valence-corrected chi connectivity index (χ4v) is 2.16. The quantitative estimate of drug-likeness (QED) is 0.852. The van der Waals surface area contributed by atoms with Gasteiger partial charge in [-0.3, -0.25) is 4.79 Å². The molecule has 3 heteroatoms. The van der Waals surface area contributed by atoms with Crippen molar-refractivity contribution in [2.45, 2.75) is 32.6 Å². The van der Waals surface area contributed by atoms with Crippen LogP contribution in [0.4, 0.5) is 0 Å². The molecule has 0 fully saturated rings. The number of carboxylic acids is 1. The van der Waals surface area contributed by atoms with Gasteiger partial charge < -0.3 is 10.1 Å². The molecule has 0 aliphatic carbocycles. The first kappa shape index (κ1) is 11.7. The molecular formula is C14H17NO2. The topological polar surface area (TPSA) is 53.1 Å². The second-order valence-electron chi connectivity index (χ2n) is 5.19. The Morgan fingerprint density at radius 1 is 1.41 bits per heavy atom. The molecule has 1 heterocycles. The van der Waals surface area contributed by atoms with Crippen molar-refractivity contribution in [3.05, 3.63) is 35.5 Å². The molecule has 2 N–H and O–H groups in total. The number of aromatic nitrogens is 1. The lowest BCUT2D eigenvalue weighted by Gasteiger charge is -2.23. The highest BCUT2D eigenvalue weighted by Gasteiger charge is 2.24. The Morgan fingerprint density at radius 2 is 2.12 bits per heavy atom. The summed E-state index contributed by atoms with van der Waals surface area (Å²) in [4.78, 5) is 14.1. The summed E-state index contributed by atoms with van der Waals surface area (Å²) in [7, 11) is 0. The average molecular weight is 231 g/mol. The molecule has 0 saturated heterocycles. The molecule has 2 aromatic rings. The van der Waals surface area contributed by atoms with E-state index in [1.165, 1.54) is 10.9 Å². The van der Waals surface area contributed by atoms with Gasteiger partial charge in [-0.1, -0.05) is 19.9 Å². The number of rotatable bonds is 3. The van der Waals surface area contributed by atoms with Crippen LogP contribution < -0.4 is 0 Å². The van der Waals surface area contributed by atoms with Crippen molar-refractivity contribution in [2.24, 2.45) is 0 Å². The lowest BCUT2D eigenvalue weighted by molar-refractivity contribution is -0.138. The maximum Gasteiger partial charge on any atom is 0.304 e. The molecule has 0 unspecified atom stereocenters. The minimum Gasteiger partial charge on any atom is -0.481 e. The number of hydrogen-bond donors (Lipinski definition) is 2. The van der Waals surface area contributed by atoms with Crippen molar-refractivity contribution in [2.75, 3.05) is 0 Å². The Morgan fingerprint density at radius 3 is 2.76 bits per heavy atom. The average Bonchev–Trinajstić information content (AvgIpc) is 2.58. The van der Waals surface area contributed by atoms with Crippen molar-refractivity contribution in [3.63, 3.8) is 0 Å². The van der Waals surface area contributed by atoms with E-state index >= 15 is 0 Å². The van der Waals surface area contributed by atoms with E-state index in [0.29, 0.717) is 0 Å². The van der Waals surface area contributed by atoms with Crippen LogP contribution in [0.3, 0.4) is 0 Å². The number of carbonyl (C=O) groups is 1. The van der Waals surface area contributed by atoms with Crippen molar-refractivity contribution >= 4 is 16.9 Å². The standard InChI is InChI=1S/C14H17NO2/c1-9-8-15-12-5-4-10(6-11(9)12)14(2,3)7-13(16)17/h4-6,8,15H,7H2,1-3H3,(H,16,17). The van der Waals surface area contributed by atoms with E-state index in [4.69, 9.17) is 5.11 Å². The predicted octanol–water partition coefficient (Wildman–Crippen LogP) is 3.23. The molecule has 0 bridgehead atoms. The molecule has 3 nitrogen and oxygen atoms in total. The first-order chi connectivity index (χ1) is 7.90. The van der Waals surface area contributed by atoms with Crippen LogP contribution in [-0.4, -0.2) is 16.1 Å². The number of aliphatic carboxylic acids is 1. The van der Waals surface area contributed by atoms with Gasteiger partial charge in [0.2, 0.25) is 0 Å². The zero-order valence-electron chi connectivity index (χ0n) is 10.4. The third kappa shape index (κ3) is 2.18. The van der Waals surface area contributed by atoms with E-state index in [9.17, 15) is 4.79 Å². The van der Waals surface area contributed by atoms with Crippen LogP contribution in [0.15, 0.2) is 24.4 Å². The third-order valence-corrected chi connectivity index (χ3v) is 3.26. The van der Waals surface area contributed by atoms with E-state index in [0.717, 1.165) is 11.1 Å². The second-order valence-corrected chi connectivity index (χ2v) is 5.19. The van der Waals surface area contributed by atoms with E-state index in [1.807, 2.05) is 39.1 Å². The molecule has 0 radical (unpaired) electrons. The Hall–Kier alpha value is -1.77. The number of nitrogens with one attached hydrogen (secondary N) is 1. The van der Waals surface area contributed by atoms with Crippen LogP contribution in [0.2, 0.25) is 0 Å². The number of aromatic amines is 1. The molecule has 2 rings (SSSR count). The molecule has 0 amide bonds. The summed E-state index contributed by atoms with van der Waals surface area (Å²) in [5, 5.41) is 10.1. The number of benzene rings is 1. The summed E-state index contributed by atoms with van der Waals surface area (Å²) < 4.78 is 0. The molecule has 0 aliphatic heterocycles. The summed E-state index contributed by atoms with van der Waals surface area (Å²) in [5.74, 6) is -0.763. The molecule has 0 saturated carbocycles. The molecular weight excluding hydrogens is 214 g/mol. The highest BCUT2D eigenvalue weighted by atomic mass is 16.4. The normalized spacial score (nSPS) is 11.9. The molecule has 0 aliphatic rings. The van der Waals surface area contributed by atoms with Gasteiger partial charge in [0.05, 0.1) is 6.42 Å². The summed E-state index contributed by atoms with van der Waals surface area (Å²) in [6.07, 6.45) is 2.11. The van der Waals surface area contributed by atoms with Gasteiger partial charge in [-0.25, -0.2) is 0 Å². The van der Waals surface area contributed by atoms with Crippen molar-refractivity contribution in [1.82, 2.24) is 4.98 Å². The SMILES string of the molecule is Cc1c[nH]c2ccc(C(C)(C)CC(=O)O)cc12. The maximum atomic E-state index is 10.9. The maximum absolute atomic E-state index is 10.9.